The van der Waals surface area contributed by atoms with Gasteiger partial charge in [0.25, 0.3) is 0 Å². The minimum absolute atomic E-state index is 0. The Hall–Kier alpha value is -2.01. The van der Waals surface area contributed by atoms with Gasteiger partial charge in [-0.1, -0.05) is 56.2 Å². The maximum atomic E-state index is 5.68. The summed E-state index contributed by atoms with van der Waals surface area (Å²) in [6, 6.07) is 20.3. The van der Waals surface area contributed by atoms with Gasteiger partial charge in [0.1, 0.15) is 0 Å². The maximum Gasteiger partial charge on any atom is 2.00 e. The molecule has 1 aliphatic carbocycles. The molecule has 4 nitrogen and oxygen atoms in total. The van der Waals surface area contributed by atoms with Gasteiger partial charge in [-0.2, -0.15) is 10.2 Å². The molecule has 178 valence electrons. The van der Waals surface area contributed by atoms with Crippen LogP contribution in [0.3, 0.4) is 0 Å². The smallest absolute Gasteiger partial charge is 0.778 e. The van der Waals surface area contributed by atoms with Gasteiger partial charge in [-0.3, -0.25) is 0 Å². The summed E-state index contributed by atoms with van der Waals surface area (Å²) in [7, 11) is 0. The number of hydrogen-bond acceptors (Lipinski definition) is 4. The summed E-state index contributed by atoms with van der Waals surface area (Å²) in [6.07, 6.45) is 6.82. The molecule has 2 heterocycles. The van der Waals surface area contributed by atoms with Crippen LogP contribution in [0.1, 0.15) is 63.5 Å². The van der Waals surface area contributed by atoms with Crippen LogP contribution in [0.15, 0.2) is 76.7 Å². The van der Waals surface area contributed by atoms with Crippen molar-refractivity contribution in [1.29, 1.82) is 0 Å². The van der Waals surface area contributed by atoms with Crippen LogP contribution in [0, 0.1) is 0 Å². The number of rotatable bonds is 5. The molecule has 34 heavy (non-hydrogen) atoms. The number of hydrogen-bond donors (Lipinski definition) is 0. The van der Waals surface area contributed by atoms with E-state index in [4.69, 9.17) is 35.5 Å². The molecule has 0 radical (unpaired) electrons. The quantitative estimate of drug-likeness (QED) is 0.244. The third kappa shape index (κ3) is 4.36. The molecule has 1 fully saturated rings. The van der Waals surface area contributed by atoms with E-state index in [0.717, 1.165) is 32.6 Å². The molecule has 2 aromatic carbocycles. The Balaban J connectivity index is 0.00000274. The van der Waals surface area contributed by atoms with Gasteiger partial charge < -0.3 is 25.3 Å². The van der Waals surface area contributed by atoms with Gasteiger partial charge in [-0.15, -0.1) is 9.79 Å². The first-order valence-electron chi connectivity index (χ1n) is 11.5. The van der Waals surface area contributed by atoms with Crippen LogP contribution >= 0.6 is 0 Å². The minimum atomic E-state index is -0.382. The molecule has 0 spiro atoms. The number of benzene rings is 2. The van der Waals surface area contributed by atoms with Crippen LogP contribution in [0.5, 0.6) is 0 Å². The van der Waals surface area contributed by atoms with E-state index in [0.29, 0.717) is 0 Å². The van der Waals surface area contributed by atoms with Crippen molar-refractivity contribution in [2.45, 2.75) is 67.1 Å². The topological polar surface area (TPSA) is 35.6 Å². The van der Waals surface area contributed by atoms with E-state index in [9.17, 15) is 0 Å². The molecular formula is C27H28N4PtS2. The van der Waals surface area contributed by atoms with Crippen molar-refractivity contribution >= 4 is 25.3 Å². The fraction of sp³-hybridized carbons (Fsp3) is 0.333. The second-order valence-electron chi connectivity index (χ2n) is 9.80. The maximum absolute atomic E-state index is 5.68. The van der Waals surface area contributed by atoms with E-state index in [1.54, 1.807) is 0 Å². The number of para-hydroxylation sites is 2. The SMILES string of the molecule is CC1(c2cc(C(C)(C)c3ccn(-c4ccccc4[S-])n3)nn2-c2ccccc2[S-])CCCC1.[Pt+2]. The second kappa shape index (κ2) is 9.56. The first kappa shape index (κ1) is 25.1. The molecular weight excluding hydrogens is 640 g/mol. The van der Waals surface area contributed by atoms with Gasteiger partial charge in [0.15, 0.2) is 0 Å². The summed E-state index contributed by atoms with van der Waals surface area (Å²) in [6.45, 7) is 6.74. The predicted octanol–water partition coefficient (Wildman–Crippen LogP) is 6.02. The number of aromatic nitrogens is 4. The average Bonchev–Trinajstić information content (AvgIpc) is 3.55. The van der Waals surface area contributed by atoms with Crippen LogP contribution < -0.4 is 0 Å². The molecule has 0 N–H and O–H groups in total. The normalized spacial score (nSPS) is 15.3. The molecule has 0 atom stereocenters. The van der Waals surface area contributed by atoms with Gasteiger partial charge >= 0.3 is 21.1 Å². The summed E-state index contributed by atoms with van der Waals surface area (Å²) >= 11 is 11.2. The van der Waals surface area contributed by atoms with Crippen LogP contribution in [-0.4, -0.2) is 19.6 Å². The summed E-state index contributed by atoms with van der Waals surface area (Å²) in [5, 5.41) is 10.1. The molecule has 1 saturated carbocycles. The molecule has 5 rings (SSSR count). The predicted molar refractivity (Wildman–Crippen MR) is 136 cm³/mol. The van der Waals surface area contributed by atoms with Gasteiger partial charge in [-0.25, -0.2) is 9.36 Å². The van der Waals surface area contributed by atoms with Crippen LogP contribution in [0.4, 0.5) is 0 Å². The first-order chi connectivity index (χ1) is 15.8. The van der Waals surface area contributed by atoms with E-state index >= 15 is 0 Å². The van der Waals surface area contributed by atoms with Gasteiger partial charge in [0.2, 0.25) is 0 Å². The largest absolute Gasteiger partial charge is 2.00 e. The van der Waals surface area contributed by atoms with Crippen molar-refractivity contribution in [1.82, 2.24) is 19.6 Å². The van der Waals surface area contributed by atoms with E-state index in [-0.39, 0.29) is 31.9 Å². The molecule has 0 bridgehead atoms. The summed E-state index contributed by atoms with van der Waals surface area (Å²) in [5.74, 6) is 0. The second-order valence-corrected chi connectivity index (χ2v) is 10.7. The van der Waals surface area contributed by atoms with Gasteiger partial charge in [0, 0.05) is 23.0 Å². The van der Waals surface area contributed by atoms with Crippen molar-refractivity contribution in [3.05, 3.63) is 83.9 Å². The fourth-order valence-corrected chi connectivity index (χ4v) is 5.39. The van der Waals surface area contributed by atoms with E-state index < -0.39 is 0 Å². The molecule has 2 aromatic heterocycles. The molecule has 0 aliphatic heterocycles. The van der Waals surface area contributed by atoms with E-state index in [2.05, 4.69) is 43.7 Å². The monoisotopic (exact) mass is 667 g/mol. The molecule has 4 aromatic rings. The Kier molecular flexibility index (Phi) is 7.06. The summed E-state index contributed by atoms with van der Waals surface area (Å²) in [5.41, 5.74) is 4.81. The van der Waals surface area contributed by atoms with Crippen LogP contribution in [0.25, 0.3) is 11.4 Å². The van der Waals surface area contributed by atoms with Crippen LogP contribution in [0.2, 0.25) is 0 Å². The molecule has 0 unspecified atom stereocenters. The van der Waals surface area contributed by atoms with Crippen LogP contribution in [-0.2, 0) is 57.2 Å². The Morgan fingerprint density at radius 2 is 1.41 bits per heavy atom. The van der Waals surface area contributed by atoms with E-state index in [1.807, 2.05) is 53.3 Å². The van der Waals surface area contributed by atoms with E-state index in [1.165, 1.54) is 31.4 Å². The third-order valence-electron chi connectivity index (χ3n) is 7.11. The molecule has 1 aliphatic rings. The standard InChI is InChI=1S/C27H30N4S2.Pt/c1-26(2,23-14-17-30(28-23)19-10-4-6-12-21(19)32)24-18-25(27(3)15-8-9-16-27)31(29-24)20-11-5-7-13-22(20)33;/h4-7,10-14,17-18,32-33H,8-9,15-16H2,1-3H3;/q;+2/p-2. The van der Waals surface area contributed by atoms with Crippen molar-refractivity contribution in [2.24, 2.45) is 0 Å². The Bertz CT molecular complexity index is 1300. The van der Waals surface area contributed by atoms with Gasteiger partial charge in [0.05, 0.1) is 22.5 Å². The Morgan fingerprint density at radius 3 is 2.03 bits per heavy atom. The van der Waals surface area contributed by atoms with Crippen molar-refractivity contribution < 1.29 is 21.1 Å². The minimum Gasteiger partial charge on any atom is -0.778 e. The summed E-state index contributed by atoms with van der Waals surface area (Å²) in [4.78, 5) is 1.60. The average molecular weight is 668 g/mol. The van der Waals surface area contributed by atoms with Crippen molar-refractivity contribution in [2.75, 3.05) is 0 Å². The Labute approximate surface area is 227 Å². The third-order valence-corrected chi connectivity index (χ3v) is 7.80. The van der Waals surface area contributed by atoms with Gasteiger partial charge in [-0.05, 0) is 51.0 Å². The first-order valence-corrected chi connectivity index (χ1v) is 12.3. The number of nitrogens with zero attached hydrogens (tertiary/aromatic N) is 4. The van der Waals surface area contributed by atoms with Crippen molar-refractivity contribution in [3.8, 4) is 11.4 Å². The molecule has 0 saturated heterocycles. The zero-order valence-corrected chi connectivity index (χ0v) is 23.5. The molecule has 7 heteroatoms. The Morgan fingerprint density at radius 1 is 0.824 bits per heavy atom. The summed E-state index contributed by atoms with van der Waals surface area (Å²) < 4.78 is 3.97. The zero-order chi connectivity index (χ0) is 23.2. The molecule has 0 amide bonds. The zero-order valence-electron chi connectivity index (χ0n) is 19.6. The van der Waals surface area contributed by atoms with Crippen molar-refractivity contribution in [3.63, 3.8) is 0 Å². The fourth-order valence-electron chi connectivity index (χ4n) is 4.91.